The number of amides is 2. The second-order valence-electron chi connectivity index (χ2n) is 7.99. The average molecular weight is 404 g/mol. The molecule has 2 heterocycles. The Kier molecular flexibility index (Phi) is 7.60. The summed E-state index contributed by atoms with van der Waals surface area (Å²) in [7, 11) is 0. The number of benzene rings is 1. The van der Waals surface area contributed by atoms with Gasteiger partial charge in [-0.15, -0.1) is 0 Å². The van der Waals surface area contributed by atoms with Crippen molar-refractivity contribution in [2.45, 2.75) is 44.8 Å². The van der Waals surface area contributed by atoms with Gasteiger partial charge in [0.15, 0.2) is 0 Å². The number of nitrogens with two attached hydrogens (primary N) is 1. The van der Waals surface area contributed by atoms with Crippen LogP contribution in [0, 0.1) is 0 Å². The molecule has 4 N–H and O–H groups in total. The molecule has 2 fully saturated rings. The SMILES string of the molecule is CC(C)N1CCC(N[C@@H](CN)C(=O)Nc2ccc(N3CCOCC3=O)cc2)CC1. The third kappa shape index (κ3) is 5.76. The normalized spacial score (nSPS) is 20.1. The first-order valence-electron chi connectivity index (χ1n) is 10.5. The number of hydrogen-bond donors (Lipinski definition) is 3. The number of morpholine rings is 1. The maximum atomic E-state index is 12.7. The number of carbonyl (C=O) groups is 2. The molecule has 8 nitrogen and oxygen atoms in total. The van der Waals surface area contributed by atoms with Gasteiger partial charge in [0, 0.05) is 36.5 Å². The summed E-state index contributed by atoms with van der Waals surface area (Å²) in [5, 5.41) is 6.35. The van der Waals surface area contributed by atoms with Crippen molar-refractivity contribution in [1.82, 2.24) is 10.2 Å². The lowest BCUT2D eigenvalue weighted by Gasteiger charge is -2.36. The molecule has 3 rings (SSSR count). The van der Waals surface area contributed by atoms with E-state index < -0.39 is 6.04 Å². The zero-order valence-electron chi connectivity index (χ0n) is 17.4. The third-order valence-electron chi connectivity index (χ3n) is 5.68. The number of rotatable bonds is 7. The fourth-order valence-corrected chi connectivity index (χ4v) is 3.86. The standard InChI is InChI=1S/C21H33N5O3/c1-15(2)25-9-7-17(8-10-25)23-19(13-22)21(28)24-16-3-5-18(6-4-16)26-11-12-29-14-20(26)27/h3-6,15,17,19,23H,7-14,22H2,1-2H3,(H,24,28)/t19-/m0/s1. The van der Waals surface area contributed by atoms with E-state index in [1.54, 1.807) is 4.90 Å². The highest BCUT2D eigenvalue weighted by Crippen LogP contribution is 2.20. The van der Waals surface area contributed by atoms with E-state index in [-0.39, 0.29) is 25.0 Å². The van der Waals surface area contributed by atoms with E-state index in [4.69, 9.17) is 10.5 Å². The molecule has 1 aromatic carbocycles. The van der Waals surface area contributed by atoms with Crippen LogP contribution in [0.2, 0.25) is 0 Å². The van der Waals surface area contributed by atoms with Gasteiger partial charge < -0.3 is 30.9 Å². The van der Waals surface area contributed by atoms with Crippen LogP contribution in [0.25, 0.3) is 0 Å². The zero-order valence-corrected chi connectivity index (χ0v) is 17.4. The van der Waals surface area contributed by atoms with Crippen LogP contribution in [0.4, 0.5) is 11.4 Å². The molecule has 0 saturated carbocycles. The van der Waals surface area contributed by atoms with Crippen LogP contribution in [0.3, 0.4) is 0 Å². The van der Waals surface area contributed by atoms with Crippen molar-refractivity contribution in [3.8, 4) is 0 Å². The molecule has 0 spiro atoms. The molecular formula is C21H33N5O3. The molecule has 0 bridgehead atoms. The summed E-state index contributed by atoms with van der Waals surface area (Å²) in [6.07, 6.45) is 2.04. The van der Waals surface area contributed by atoms with Crippen molar-refractivity contribution in [2.75, 3.05) is 49.6 Å². The van der Waals surface area contributed by atoms with Gasteiger partial charge in [-0.1, -0.05) is 0 Å². The maximum Gasteiger partial charge on any atom is 0.253 e. The van der Waals surface area contributed by atoms with Gasteiger partial charge in [-0.2, -0.15) is 0 Å². The Hall–Kier alpha value is -2.00. The van der Waals surface area contributed by atoms with Gasteiger partial charge in [-0.3, -0.25) is 9.59 Å². The van der Waals surface area contributed by atoms with E-state index in [1.807, 2.05) is 24.3 Å². The first-order valence-corrected chi connectivity index (χ1v) is 10.5. The molecular weight excluding hydrogens is 370 g/mol. The van der Waals surface area contributed by atoms with Gasteiger partial charge in [0.05, 0.1) is 12.6 Å². The molecule has 2 aliphatic rings. The Morgan fingerprint density at radius 2 is 1.90 bits per heavy atom. The van der Waals surface area contributed by atoms with E-state index in [2.05, 4.69) is 29.4 Å². The highest BCUT2D eigenvalue weighted by molar-refractivity contribution is 5.97. The second-order valence-corrected chi connectivity index (χ2v) is 7.99. The number of piperidine rings is 1. The van der Waals surface area contributed by atoms with Gasteiger partial charge >= 0.3 is 0 Å². The molecule has 0 aromatic heterocycles. The van der Waals surface area contributed by atoms with E-state index >= 15 is 0 Å². The van der Waals surface area contributed by atoms with Crippen molar-refractivity contribution in [3.05, 3.63) is 24.3 Å². The van der Waals surface area contributed by atoms with Gasteiger partial charge in [0.2, 0.25) is 5.91 Å². The quantitative estimate of drug-likeness (QED) is 0.622. The minimum atomic E-state index is -0.425. The molecule has 0 radical (unpaired) electrons. The summed E-state index contributed by atoms with van der Waals surface area (Å²) in [6.45, 7) is 7.93. The summed E-state index contributed by atoms with van der Waals surface area (Å²) in [6, 6.07) is 7.73. The van der Waals surface area contributed by atoms with Gasteiger partial charge in [-0.05, 0) is 64.0 Å². The maximum absolute atomic E-state index is 12.7. The lowest BCUT2D eigenvalue weighted by molar-refractivity contribution is -0.125. The lowest BCUT2D eigenvalue weighted by atomic mass is 10.0. The van der Waals surface area contributed by atoms with E-state index in [1.165, 1.54) is 0 Å². The number of likely N-dealkylation sites (tertiary alicyclic amines) is 1. The van der Waals surface area contributed by atoms with Gasteiger partial charge in [0.1, 0.15) is 6.61 Å². The molecule has 1 atom stereocenters. The number of carbonyl (C=O) groups excluding carboxylic acids is 2. The van der Waals surface area contributed by atoms with Crippen molar-refractivity contribution in [1.29, 1.82) is 0 Å². The van der Waals surface area contributed by atoms with E-state index in [9.17, 15) is 9.59 Å². The molecule has 2 aliphatic heterocycles. The van der Waals surface area contributed by atoms with Crippen LogP contribution in [-0.4, -0.2) is 74.2 Å². The average Bonchev–Trinajstić information content (AvgIpc) is 2.73. The summed E-state index contributed by atoms with van der Waals surface area (Å²) >= 11 is 0. The van der Waals surface area contributed by atoms with Crippen molar-refractivity contribution >= 4 is 23.2 Å². The topological polar surface area (TPSA) is 99.9 Å². The largest absolute Gasteiger partial charge is 0.370 e. The number of anilines is 2. The van der Waals surface area contributed by atoms with Crippen LogP contribution in [-0.2, 0) is 14.3 Å². The predicted octanol–water partition coefficient (Wildman–Crippen LogP) is 0.778. The molecule has 8 heteroatoms. The Morgan fingerprint density at radius 1 is 1.21 bits per heavy atom. The molecule has 2 saturated heterocycles. The number of hydrogen-bond acceptors (Lipinski definition) is 6. The summed E-state index contributed by atoms with van der Waals surface area (Å²) in [5.74, 6) is -0.182. The minimum Gasteiger partial charge on any atom is -0.370 e. The van der Waals surface area contributed by atoms with Gasteiger partial charge in [-0.25, -0.2) is 0 Å². The number of nitrogens with one attached hydrogen (secondary N) is 2. The van der Waals surface area contributed by atoms with Crippen LogP contribution in [0.15, 0.2) is 24.3 Å². The molecule has 0 unspecified atom stereocenters. The van der Waals surface area contributed by atoms with Crippen LogP contribution in [0.1, 0.15) is 26.7 Å². The van der Waals surface area contributed by atoms with E-state index in [0.29, 0.717) is 30.9 Å². The van der Waals surface area contributed by atoms with Crippen LogP contribution >= 0.6 is 0 Å². The van der Waals surface area contributed by atoms with Gasteiger partial charge in [0.25, 0.3) is 5.91 Å². The first kappa shape index (κ1) is 21.7. The van der Waals surface area contributed by atoms with Crippen molar-refractivity contribution in [2.24, 2.45) is 5.73 Å². The minimum absolute atomic E-state index is 0.0519. The molecule has 1 aromatic rings. The van der Waals surface area contributed by atoms with Crippen LogP contribution < -0.4 is 21.3 Å². The van der Waals surface area contributed by atoms with E-state index in [0.717, 1.165) is 31.6 Å². The first-order chi connectivity index (χ1) is 14.0. The number of ether oxygens (including phenoxy) is 1. The summed E-state index contributed by atoms with van der Waals surface area (Å²) in [5.41, 5.74) is 7.36. The zero-order chi connectivity index (χ0) is 20.8. The molecule has 0 aliphatic carbocycles. The summed E-state index contributed by atoms with van der Waals surface area (Å²) < 4.78 is 5.16. The smallest absolute Gasteiger partial charge is 0.253 e. The van der Waals surface area contributed by atoms with Crippen molar-refractivity contribution in [3.63, 3.8) is 0 Å². The highest BCUT2D eigenvalue weighted by Gasteiger charge is 2.26. The predicted molar refractivity (Wildman–Crippen MR) is 114 cm³/mol. The van der Waals surface area contributed by atoms with Crippen molar-refractivity contribution < 1.29 is 14.3 Å². The molecule has 160 valence electrons. The molecule has 29 heavy (non-hydrogen) atoms. The fraction of sp³-hybridized carbons (Fsp3) is 0.619. The van der Waals surface area contributed by atoms with Crippen LogP contribution in [0.5, 0.6) is 0 Å². The fourth-order valence-electron chi connectivity index (χ4n) is 3.86. The lowest BCUT2D eigenvalue weighted by Crippen LogP contribution is -2.53. The third-order valence-corrected chi connectivity index (χ3v) is 5.68. The molecule has 2 amide bonds. The monoisotopic (exact) mass is 403 g/mol. The summed E-state index contributed by atoms with van der Waals surface area (Å²) in [4.78, 5) is 28.8. The number of nitrogens with zero attached hydrogens (tertiary/aromatic N) is 2. The Bertz CT molecular complexity index is 686. The Balaban J connectivity index is 1.52. The Labute approximate surface area is 172 Å². The second kappa shape index (κ2) is 10.2. The highest BCUT2D eigenvalue weighted by atomic mass is 16.5. The Morgan fingerprint density at radius 3 is 2.48 bits per heavy atom.